The molecular weight excluding hydrogens is 236 g/mol. The van der Waals surface area contributed by atoms with Gasteiger partial charge in [0.2, 0.25) is 0 Å². The number of carbonyl (C=O) groups is 1. The second-order valence-corrected chi connectivity index (χ2v) is 3.78. The Balaban J connectivity index is 2.73. The second-order valence-electron chi connectivity index (χ2n) is 3.78. The molecule has 2 rings (SSSR count). The molecule has 2 aromatic rings. The molecule has 92 valence electrons. The molecule has 0 aliphatic rings. The SMILES string of the molecule is Cc1c(/C=C/C(=O)O)c(=O)oc2cc(O)ccc12. The van der Waals surface area contributed by atoms with Crippen molar-refractivity contribution in [2.24, 2.45) is 0 Å². The van der Waals surface area contributed by atoms with E-state index in [0.29, 0.717) is 10.9 Å². The maximum Gasteiger partial charge on any atom is 0.343 e. The van der Waals surface area contributed by atoms with E-state index in [0.717, 1.165) is 6.08 Å². The van der Waals surface area contributed by atoms with E-state index in [2.05, 4.69) is 0 Å². The molecule has 0 spiro atoms. The lowest BCUT2D eigenvalue weighted by molar-refractivity contribution is -0.131. The Labute approximate surface area is 102 Å². The van der Waals surface area contributed by atoms with Crippen LogP contribution >= 0.6 is 0 Å². The topological polar surface area (TPSA) is 87.7 Å². The fraction of sp³-hybridized carbons (Fsp3) is 0.0769. The first-order chi connectivity index (χ1) is 8.49. The number of aromatic hydroxyl groups is 1. The van der Waals surface area contributed by atoms with Crippen molar-refractivity contribution < 1.29 is 19.4 Å². The highest BCUT2D eigenvalue weighted by atomic mass is 16.4. The van der Waals surface area contributed by atoms with Gasteiger partial charge in [-0.15, -0.1) is 0 Å². The van der Waals surface area contributed by atoms with Crippen LogP contribution in [0, 0.1) is 6.92 Å². The van der Waals surface area contributed by atoms with Gasteiger partial charge in [0.25, 0.3) is 0 Å². The summed E-state index contributed by atoms with van der Waals surface area (Å²) in [6.07, 6.45) is 2.08. The molecule has 1 aromatic carbocycles. The second kappa shape index (κ2) is 4.37. The lowest BCUT2D eigenvalue weighted by Crippen LogP contribution is -2.06. The molecule has 0 radical (unpaired) electrons. The molecule has 0 saturated heterocycles. The van der Waals surface area contributed by atoms with Gasteiger partial charge in [-0.3, -0.25) is 0 Å². The summed E-state index contributed by atoms with van der Waals surface area (Å²) in [5, 5.41) is 18.5. The zero-order valence-corrected chi connectivity index (χ0v) is 9.51. The van der Waals surface area contributed by atoms with Crippen molar-refractivity contribution in [2.45, 2.75) is 6.92 Å². The summed E-state index contributed by atoms with van der Waals surface area (Å²) in [7, 11) is 0. The summed E-state index contributed by atoms with van der Waals surface area (Å²) in [5.74, 6) is -1.14. The predicted molar refractivity (Wildman–Crippen MR) is 65.6 cm³/mol. The lowest BCUT2D eigenvalue weighted by Gasteiger charge is -2.04. The summed E-state index contributed by atoms with van der Waals surface area (Å²) in [6, 6.07) is 4.43. The minimum atomic E-state index is -1.14. The van der Waals surface area contributed by atoms with E-state index in [1.165, 1.54) is 18.2 Å². The number of phenols is 1. The molecule has 0 bridgehead atoms. The Bertz CT molecular complexity index is 709. The average molecular weight is 246 g/mol. The Hall–Kier alpha value is -2.56. The molecule has 2 N–H and O–H groups in total. The number of fused-ring (bicyclic) bond motifs is 1. The number of hydrogen-bond donors (Lipinski definition) is 2. The molecule has 0 saturated carbocycles. The van der Waals surface area contributed by atoms with Crippen LogP contribution < -0.4 is 5.63 Å². The van der Waals surface area contributed by atoms with Gasteiger partial charge in [-0.1, -0.05) is 0 Å². The van der Waals surface area contributed by atoms with E-state index in [4.69, 9.17) is 9.52 Å². The number of carboxylic acid groups (broad SMARTS) is 1. The van der Waals surface area contributed by atoms with Crippen molar-refractivity contribution >= 4 is 23.0 Å². The highest BCUT2D eigenvalue weighted by molar-refractivity contribution is 5.88. The van der Waals surface area contributed by atoms with Crippen LogP contribution in [0.3, 0.4) is 0 Å². The summed E-state index contributed by atoms with van der Waals surface area (Å²) in [5.41, 5.74) is 0.433. The normalized spacial score (nSPS) is 11.2. The van der Waals surface area contributed by atoms with Gasteiger partial charge in [-0.05, 0) is 30.7 Å². The standard InChI is InChI=1S/C13H10O5/c1-7-9-3-2-8(14)6-11(9)18-13(17)10(7)4-5-12(15)16/h2-6,14H,1H3,(H,15,16)/b5-4+. The Morgan fingerprint density at radius 1 is 1.39 bits per heavy atom. The van der Waals surface area contributed by atoms with E-state index in [1.807, 2.05) is 0 Å². The van der Waals surface area contributed by atoms with E-state index in [-0.39, 0.29) is 16.9 Å². The van der Waals surface area contributed by atoms with Gasteiger partial charge in [0.05, 0.1) is 5.56 Å². The third-order valence-corrected chi connectivity index (χ3v) is 2.59. The van der Waals surface area contributed by atoms with Crippen LogP contribution in [-0.4, -0.2) is 16.2 Å². The van der Waals surface area contributed by atoms with Crippen LogP contribution in [0.2, 0.25) is 0 Å². The molecule has 5 nitrogen and oxygen atoms in total. The molecule has 0 amide bonds. The summed E-state index contributed by atoms with van der Waals surface area (Å²) >= 11 is 0. The number of aliphatic carboxylic acids is 1. The van der Waals surface area contributed by atoms with Crippen molar-refractivity contribution in [3.8, 4) is 5.75 Å². The number of rotatable bonds is 2. The van der Waals surface area contributed by atoms with Gasteiger partial charge in [0.1, 0.15) is 11.3 Å². The van der Waals surface area contributed by atoms with Gasteiger partial charge in [-0.2, -0.15) is 0 Å². The predicted octanol–water partition coefficient (Wildman–Crippen LogP) is 1.90. The Morgan fingerprint density at radius 3 is 2.78 bits per heavy atom. The van der Waals surface area contributed by atoms with Crippen LogP contribution in [0.15, 0.2) is 33.5 Å². The smallest absolute Gasteiger partial charge is 0.343 e. The first-order valence-corrected chi connectivity index (χ1v) is 5.16. The fourth-order valence-corrected chi connectivity index (χ4v) is 1.71. The van der Waals surface area contributed by atoms with Crippen molar-refractivity contribution in [3.63, 3.8) is 0 Å². The zero-order chi connectivity index (χ0) is 13.3. The van der Waals surface area contributed by atoms with Crippen LogP contribution in [0.4, 0.5) is 0 Å². The molecule has 0 unspecified atom stereocenters. The number of hydrogen-bond acceptors (Lipinski definition) is 4. The molecule has 0 aliphatic heterocycles. The van der Waals surface area contributed by atoms with Crippen LogP contribution in [0.25, 0.3) is 17.0 Å². The molecule has 0 atom stereocenters. The van der Waals surface area contributed by atoms with Crippen molar-refractivity contribution in [2.75, 3.05) is 0 Å². The highest BCUT2D eigenvalue weighted by Gasteiger charge is 2.09. The van der Waals surface area contributed by atoms with Gasteiger partial charge in [-0.25, -0.2) is 9.59 Å². The third kappa shape index (κ3) is 2.10. The van der Waals surface area contributed by atoms with Gasteiger partial charge < -0.3 is 14.6 Å². The molecule has 5 heteroatoms. The number of carboxylic acids is 1. The molecular formula is C13H10O5. The lowest BCUT2D eigenvalue weighted by atomic mass is 10.1. The number of phenolic OH excluding ortho intramolecular Hbond substituents is 1. The molecule has 1 heterocycles. The summed E-state index contributed by atoms with van der Waals surface area (Å²) < 4.78 is 5.03. The Kier molecular flexibility index (Phi) is 2.89. The van der Waals surface area contributed by atoms with Crippen LogP contribution in [0.5, 0.6) is 5.75 Å². The van der Waals surface area contributed by atoms with Crippen molar-refractivity contribution in [1.82, 2.24) is 0 Å². The minimum Gasteiger partial charge on any atom is -0.508 e. The van der Waals surface area contributed by atoms with E-state index in [9.17, 15) is 14.7 Å². The van der Waals surface area contributed by atoms with Crippen LogP contribution in [0.1, 0.15) is 11.1 Å². The quantitative estimate of drug-likeness (QED) is 0.624. The minimum absolute atomic E-state index is 0.00104. The maximum absolute atomic E-state index is 11.7. The molecule has 0 fully saturated rings. The monoisotopic (exact) mass is 246 g/mol. The highest BCUT2D eigenvalue weighted by Crippen LogP contribution is 2.23. The van der Waals surface area contributed by atoms with Gasteiger partial charge in [0.15, 0.2) is 0 Å². The third-order valence-electron chi connectivity index (χ3n) is 2.59. The number of benzene rings is 1. The van der Waals surface area contributed by atoms with Gasteiger partial charge >= 0.3 is 11.6 Å². The van der Waals surface area contributed by atoms with E-state index < -0.39 is 11.6 Å². The molecule has 18 heavy (non-hydrogen) atoms. The average Bonchev–Trinajstić information content (AvgIpc) is 2.27. The zero-order valence-electron chi connectivity index (χ0n) is 9.51. The van der Waals surface area contributed by atoms with Crippen molar-refractivity contribution in [3.05, 3.63) is 45.8 Å². The van der Waals surface area contributed by atoms with Crippen molar-refractivity contribution in [1.29, 1.82) is 0 Å². The maximum atomic E-state index is 11.7. The molecule has 1 aromatic heterocycles. The molecule has 0 aliphatic carbocycles. The van der Waals surface area contributed by atoms with E-state index >= 15 is 0 Å². The van der Waals surface area contributed by atoms with Gasteiger partial charge in [0, 0.05) is 17.5 Å². The Morgan fingerprint density at radius 2 is 2.11 bits per heavy atom. The largest absolute Gasteiger partial charge is 0.508 e. The number of aryl methyl sites for hydroxylation is 1. The van der Waals surface area contributed by atoms with Crippen LogP contribution in [-0.2, 0) is 4.79 Å². The summed E-state index contributed by atoms with van der Waals surface area (Å²) in [6.45, 7) is 1.69. The fourth-order valence-electron chi connectivity index (χ4n) is 1.71. The van der Waals surface area contributed by atoms with E-state index in [1.54, 1.807) is 13.0 Å². The first kappa shape index (κ1) is 11.9. The first-order valence-electron chi connectivity index (χ1n) is 5.16. The summed E-state index contributed by atoms with van der Waals surface area (Å²) in [4.78, 5) is 22.1.